The molecule has 1 aromatic heterocycles. The minimum Gasteiger partial charge on any atom is -0.465 e. The van der Waals surface area contributed by atoms with Crippen molar-refractivity contribution in [1.82, 2.24) is 9.97 Å². The minimum atomic E-state index is -0.470. The van der Waals surface area contributed by atoms with Crippen LogP contribution in [0, 0.1) is 18.3 Å². The van der Waals surface area contributed by atoms with E-state index in [0.29, 0.717) is 11.1 Å². The number of hydrogen-bond donors (Lipinski definition) is 2. The van der Waals surface area contributed by atoms with Crippen molar-refractivity contribution >= 4 is 17.7 Å². The number of ether oxygens (including phenoxy) is 1. The second-order valence-electron chi connectivity index (χ2n) is 4.32. The molecule has 0 bridgehead atoms. The van der Waals surface area contributed by atoms with Crippen LogP contribution in [0.5, 0.6) is 0 Å². The first-order valence-corrected chi connectivity index (χ1v) is 6.00. The van der Waals surface area contributed by atoms with Crippen molar-refractivity contribution in [2.45, 2.75) is 6.92 Å². The van der Waals surface area contributed by atoms with Gasteiger partial charge < -0.3 is 16.2 Å². The molecule has 0 fully saturated rings. The Kier molecular flexibility index (Phi) is 3.71. The van der Waals surface area contributed by atoms with E-state index in [2.05, 4.69) is 9.97 Å². The van der Waals surface area contributed by atoms with Crippen LogP contribution in [0.3, 0.4) is 0 Å². The van der Waals surface area contributed by atoms with Gasteiger partial charge in [-0.25, -0.2) is 9.78 Å². The summed E-state index contributed by atoms with van der Waals surface area (Å²) < 4.78 is 4.73. The molecule has 106 valence electrons. The van der Waals surface area contributed by atoms with E-state index in [4.69, 9.17) is 16.2 Å². The molecule has 0 spiro atoms. The summed E-state index contributed by atoms with van der Waals surface area (Å²) in [6.07, 6.45) is 0. The fraction of sp³-hybridized carbons (Fsp3) is 0.143. The highest BCUT2D eigenvalue weighted by molar-refractivity contribution is 5.92. The summed E-state index contributed by atoms with van der Waals surface area (Å²) in [5.74, 6) is -0.509. The molecule has 0 aliphatic carbocycles. The van der Waals surface area contributed by atoms with Crippen LogP contribution >= 0.6 is 0 Å². The van der Waals surface area contributed by atoms with Gasteiger partial charge in [-0.2, -0.15) is 10.2 Å². The number of nitriles is 1. The van der Waals surface area contributed by atoms with Crippen LogP contribution in [0.1, 0.15) is 21.5 Å². The summed E-state index contributed by atoms with van der Waals surface area (Å²) in [7, 11) is 1.30. The molecule has 7 heteroatoms. The number of carbonyl (C=O) groups excluding carboxylic acids is 1. The van der Waals surface area contributed by atoms with Crippen molar-refractivity contribution in [1.29, 1.82) is 5.26 Å². The fourth-order valence-corrected chi connectivity index (χ4v) is 1.91. The largest absolute Gasteiger partial charge is 0.465 e. The molecule has 0 aliphatic rings. The van der Waals surface area contributed by atoms with Crippen molar-refractivity contribution < 1.29 is 9.53 Å². The topological polar surface area (TPSA) is 128 Å². The van der Waals surface area contributed by atoms with E-state index in [1.807, 2.05) is 6.07 Å². The Morgan fingerprint density at radius 2 is 2.05 bits per heavy atom. The summed E-state index contributed by atoms with van der Waals surface area (Å²) in [6.45, 7) is 1.78. The van der Waals surface area contributed by atoms with Gasteiger partial charge in [0.1, 0.15) is 17.5 Å². The normalized spacial score (nSPS) is 9.95. The number of nitrogens with two attached hydrogens (primary N) is 2. The van der Waals surface area contributed by atoms with Crippen LogP contribution in [0.15, 0.2) is 18.2 Å². The van der Waals surface area contributed by atoms with Gasteiger partial charge in [0, 0.05) is 5.56 Å². The van der Waals surface area contributed by atoms with Crippen LogP contribution in [0.25, 0.3) is 11.3 Å². The number of nitrogen functional groups attached to an aromatic ring is 2. The highest BCUT2D eigenvalue weighted by atomic mass is 16.5. The lowest BCUT2D eigenvalue weighted by atomic mass is 10.0. The minimum absolute atomic E-state index is 0.000179. The van der Waals surface area contributed by atoms with Crippen molar-refractivity contribution in [3.05, 3.63) is 34.9 Å². The number of aromatic nitrogens is 2. The van der Waals surface area contributed by atoms with Crippen LogP contribution in [-0.2, 0) is 4.74 Å². The lowest BCUT2D eigenvalue weighted by molar-refractivity contribution is 0.0600. The van der Waals surface area contributed by atoms with E-state index in [9.17, 15) is 10.1 Å². The third-order valence-corrected chi connectivity index (χ3v) is 2.98. The van der Waals surface area contributed by atoms with E-state index >= 15 is 0 Å². The number of rotatable bonds is 2. The summed E-state index contributed by atoms with van der Waals surface area (Å²) in [5.41, 5.74) is 13.3. The number of nitrogens with zero attached hydrogens (tertiary/aromatic N) is 3. The number of anilines is 2. The standard InChI is InChI=1S/C14H13N5O2/c1-7-3-4-8(5-9(7)13(20)21-2)11-10(6-15)12(16)19-14(17)18-11/h3-5H,1-2H3,(H4,16,17,18,19). The maximum absolute atomic E-state index is 11.7. The second kappa shape index (κ2) is 5.46. The molecule has 4 N–H and O–H groups in total. The number of benzene rings is 1. The van der Waals surface area contributed by atoms with Gasteiger partial charge >= 0.3 is 5.97 Å². The van der Waals surface area contributed by atoms with E-state index in [1.165, 1.54) is 7.11 Å². The zero-order valence-electron chi connectivity index (χ0n) is 11.5. The van der Waals surface area contributed by atoms with E-state index in [1.54, 1.807) is 25.1 Å². The molecule has 7 nitrogen and oxygen atoms in total. The molecular weight excluding hydrogens is 270 g/mol. The van der Waals surface area contributed by atoms with Crippen LogP contribution in [-0.4, -0.2) is 23.0 Å². The van der Waals surface area contributed by atoms with Crippen molar-refractivity contribution in [3.8, 4) is 17.3 Å². The molecule has 0 amide bonds. The van der Waals surface area contributed by atoms with E-state index in [0.717, 1.165) is 5.56 Å². The third-order valence-electron chi connectivity index (χ3n) is 2.98. The Hall–Kier alpha value is -3.14. The van der Waals surface area contributed by atoms with Gasteiger partial charge in [0.25, 0.3) is 0 Å². The van der Waals surface area contributed by atoms with Gasteiger partial charge in [0.15, 0.2) is 0 Å². The van der Waals surface area contributed by atoms with Crippen LogP contribution in [0.2, 0.25) is 0 Å². The number of aryl methyl sites for hydroxylation is 1. The molecule has 0 radical (unpaired) electrons. The van der Waals surface area contributed by atoms with Crippen molar-refractivity contribution in [3.63, 3.8) is 0 Å². The highest BCUT2D eigenvalue weighted by Crippen LogP contribution is 2.27. The first-order chi connectivity index (χ1) is 9.97. The van der Waals surface area contributed by atoms with Gasteiger partial charge in [0.2, 0.25) is 5.95 Å². The molecule has 2 aromatic rings. The molecule has 1 aromatic carbocycles. The quantitative estimate of drug-likeness (QED) is 0.794. The molecule has 1 heterocycles. The molecular formula is C14H13N5O2. The lowest BCUT2D eigenvalue weighted by Gasteiger charge is -2.09. The highest BCUT2D eigenvalue weighted by Gasteiger charge is 2.16. The molecule has 0 atom stereocenters. The maximum Gasteiger partial charge on any atom is 0.338 e. The predicted molar refractivity (Wildman–Crippen MR) is 77.1 cm³/mol. The van der Waals surface area contributed by atoms with Gasteiger partial charge in [0.05, 0.1) is 18.4 Å². The zero-order valence-corrected chi connectivity index (χ0v) is 11.5. The Labute approximate surface area is 121 Å². The molecule has 0 saturated carbocycles. The first-order valence-electron chi connectivity index (χ1n) is 6.00. The number of esters is 1. The average Bonchev–Trinajstić information content (AvgIpc) is 2.46. The fourth-order valence-electron chi connectivity index (χ4n) is 1.91. The van der Waals surface area contributed by atoms with Crippen LogP contribution < -0.4 is 11.5 Å². The molecule has 2 rings (SSSR count). The van der Waals surface area contributed by atoms with Crippen molar-refractivity contribution in [2.24, 2.45) is 0 Å². The van der Waals surface area contributed by atoms with Gasteiger partial charge in [-0.1, -0.05) is 12.1 Å². The predicted octanol–water partition coefficient (Wildman–Crippen LogP) is 1.27. The number of hydrogen-bond acceptors (Lipinski definition) is 7. The molecule has 0 unspecified atom stereocenters. The first kappa shape index (κ1) is 14.3. The summed E-state index contributed by atoms with van der Waals surface area (Å²) in [6, 6.07) is 6.99. The van der Waals surface area contributed by atoms with E-state index in [-0.39, 0.29) is 23.0 Å². The Morgan fingerprint density at radius 1 is 1.33 bits per heavy atom. The zero-order chi connectivity index (χ0) is 15.6. The van der Waals surface area contributed by atoms with E-state index < -0.39 is 5.97 Å². The summed E-state index contributed by atoms with van der Waals surface area (Å²) in [5, 5.41) is 9.19. The number of methoxy groups -OCH3 is 1. The molecule has 0 aliphatic heterocycles. The monoisotopic (exact) mass is 283 g/mol. The maximum atomic E-state index is 11.7. The lowest BCUT2D eigenvalue weighted by Crippen LogP contribution is -2.07. The van der Waals surface area contributed by atoms with Crippen molar-refractivity contribution in [2.75, 3.05) is 18.6 Å². The molecule has 21 heavy (non-hydrogen) atoms. The smallest absolute Gasteiger partial charge is 0.338 e. The van der Waals surface area contributed by atoms with Gasteiger partial charge in [-0.05, 0) is 18.6 Å². The summed E-state index contributed by atoms with van der Waals surface area (Å²) in [4.78, 5) is 19.5. The SMILES string of the molecule is COC(=O)c1cc(-c2nc(N)nc(N)c2C#N)ccc1C. The van der Waals surface area contributed by atoms with Gasteiger partial charge in [-0.3, -0.25) is 0 Å². The number of carbonyl (C=O) groups is 1. The third kappa shape index (κ3) is 2.60. The summed E-state index contributed by atoms with van der Waals surface area (Å²) >= 11 is 0. The second-order valence-corrected chi connectivity index (χ2v) is 4.32. The Bertz CT molecular complexity index is 765. The Morgan fingerprint density at radius 3 is 2.67 bits per heavy atom. The van der Waals surface area contributed by atoms with Gasteiger partial charge in [-0.15, -0.1) is 0 Å². The molecule has 0 saturated heterocycles. The van der Waals surface area contributed by atoms with Crippen LogP contribution in [0.4, 0.5) is 11.8 Å². The Balaban J connectivity index is 2.69. The average molecular weight is 283 g/mol.